The highest BCUT2D eigenvalue weighted by Crippen LogP contribution is 2.49. The number of benzene rings is 1. The van der Waals surface area contributed by atoms with Crippen LogP contribution in [0, 0.1) is 11.3 Å². The van der Waals surface area contributed by atoms with Gasteiger partial charge in [-0.1, -0.05) is 52.9 Å². The maximum atomic E-state index is 13.4. The van der Waals surface area contributed by atoms with E-state index in [0.29, 0.717) is 17.9 Å². The number of thiazole rings is 1. The molecule has 0 radical (unpaired) electrons. The molecule has 2 aliphatic carbocycles. The minimum absolute atomic E-state index is 0.153. The smallest absolute Gasteiger partial charge is 0.352 e. The molecule has 5 rings (SSSR count). The first-order valence-electron chi connectivity index (χ1n) is 15.2. The van der Waals surface area contributed by atoms with Crippen LogP contribution >= 0.6 is 11.3 Å². The summed E-state index contributed by atoms with van der Waals surface area (Å²) in [5, 5.41) is 7.95. The molecule has 3 aliphatic rings. The van der Waals surface area contributed by atoms with Gasteiger partial charge in [-0.15, -0.1) is 16.8 Å². The number of hydrogen-bond acceptors (Lipinski definition) is 7. The van der Waals surface area contributed by atoms with Crippen molar-refractivity contribution >= 4 is 29.2 Å². The molecule has 44 heavy (non-hydrogen) atoms. The van der Waals surface area contributed by atoms with Gasteiger partial charge < -0.3 is 20.8 Å². The van der Waals surface area contributed by atoms with Crippen molar-refractivity contribution < 1.29 is 32.4 Å². The van der Waals surface area contributed by atoms with E-state index < -0.39 is 35.8 Å². The van der Waals surface area contributed by atoms with Gasteiger partial charge >= 0.3 is 12.3 Å². The van der Waals surface area contributed by atoms with Crippen LogP contribution in [-0.2, 0) is 16.7 Å². The van der Waals surface area contributed by atoms with Gasteiger partial charge in [-0.25, -0.2) is 9.78 Å². The average Bonchev–Trinajstić information content (AvgIpc) is 3.35. The highest BCUT2D eigenvalue weighted by Gasteiger charge is 2.41. The summed E-state index contributed by atoms with van der Waals surface area (Å²) in [5.74, 6) is -0.750. The third kappa shape index (κ3) is 7.36. The monoisotopic (exact) mass is 635 g/mol. The number of hydrogen-bond donors (Lipinski definition) is 4. The van der Waals surface area contributed by atoms with E-state index in [1.165, 1.54) is 17.8 Å². The summed E-state index contributed by atoms with van der Waals surface area (Å²) < 4.78 is 39.8. The summed E-state index contributed by atoms with van der Waals surface area (Å²) >= 11 is 1.23. The van der Waals surface area contributed by atoms with Crippen molar-refractivity contribution in [3.05, 3.63) is 40.0 Å². The molecule has 3 fully saturated rings. The number of carbonyl (C=O) groups is 3. The number of hydroxylamine groups is 1. The number of aromatic nitrogens is 1. The van der Waals surface area contributed by atoms with Gasteiger partial charge in [0.2, 0.25) is 0 Å². The number of nitrogens with zero attached hydrogens (tertiary/aromatic N) is 1. The van der Waals surface area contributed by atoms with Crippen molar-refractivity contribution in [2.75, 3.05) is 6.54 Å². The molecule has 0 bridgehead atoms. The molecular weight excluding hydrogens is 595 g/mol. The van der Waals surface area contributed by atoms with E-state index in [1.54, 1.807) is 12.1 Å². The van der Waals surface area contributed by atoms with Crippen molar-refractivity contribution in [1.82, 2.24) is 26.4 Å². The lowest BCUT2D eigenvalue weighted by molar-refractivity contribution is -0.149. The Morgan fingerprint density at radius 2 is 1.84 bits per heavy atom. The van der Waals surface area contributed by atoms with E-state index in [9.17, 15) is 27.6 Å². The Balaban J connectivity index is 1.46. The second-order valence-corrected chi connectivity index (χ2v) is 14.4. The fourth-order valence-corrected chi connectivity index (χ4v) is 6.68. The first-order valence-corrected chi connectivity index (χ1v) is 16.0. The lowest BCUT2D eigenvalue weighted by Crippen LogP contribution is -2.50. The molecule has 2 atom stereocenters. The molecule has 1 aromatic carbocycles. The van der Waals surface area contributed by atoms with Crippen LogP contribution in [0.3, 0.4) is 0 Å². The summed E-state index contributed by atoms with van der Waals surface area (Å²) in [6.07, 6.45) is 2.45. The molecule has 2 saturated carbocycles. The molecule has 0 spiro atoms. The Bertz CT molecular complexity index is 1420. The van der Waals surface area contributed by atoms with Crippen LogP contribution < -0.4 is 21.4 Å². The Morgan fingerprint density at radius 3 is 2.45 bits per heavy atom. The zero-order valence-electron chi connectivity index (χ0n) is 25.5. The van der Waals surface area contributed by atoms with Crippen LogP contribution in [0.4, 0.5) is 18.0 Å². The molecule has 9 nitrogen and oxygen atoms in total. The van der Waals surface area contributed by atoms with E-state index in [-0.39, 0.29) is 28.4 Å². The summed E-state index contributed by atoms with van der Waals surface area (Å²) in [6, 6.07) is 3.30. The Morgan fingerprint density at radius 1 is 1.14 bits per heavy atom. The zero-order valence-corrected chi connectivity index (χ0v) is 26.3. The molecular formula is C31H40F3N5O4S. The summed E-state index contributed by atoms with van der Waals surface area (Å²) in [4.78, 5) is 48.3. The van der Waals surface area contributed by atoms with Crippen molar-refractivity contribution in [3.63, 3.8) is 0 Å². The first-order chi connectivity index (χ1) is 20.6. The molecule has 13 heteroatoms. The third-order valence-corrected chi connectivity index (χ3v) is 10.3. The maximum Gasteiger partial charge on any atom is 0.427 e. The van der Waals surface area contributed by atoms with Crippen molar-refractivity contribution in [2.24, 2.45) is 11.3 Å². The molecule has 3 amide bonds. The van der Waals surface area contributed by atoms with E-state index in [0.717, 1.165) is 61.6 Å². The number of rotatable bonds is 10. The van der Waals surface area contributed by atoms with Gasteiger partial charge in [0.25, 0.3) is 11.8 Å². The Kier molecular flexibility index (Phi) is 9.01. The number of carbonyl (C=O) groups excluding carboxylic acids is 3. The standard InChI is InChI=1S/C31H40F3N5O4S/c1-17(31(32,33)34)36-24(40)20-13-19(14-21(15-20)30(4)10-11-30)23-22(12-18-8-6-5-7-9-18)37-26(44-23)25(41)35-16-29(2,3)27-38-28(42)43-39-27/h13-15,17-18,27,39H,5-12,16H2,1-4H3,(H,35,41)(H,36,40)(H,38,42)/t17-,27?/m0/s1. The Hall–Kier alpha value is -3.19. The largest absolute Gasteiger partial charge is 0.427 e. The van der Waals surface area contributed by atoms with Crippen LogP contribution in [-0.4, -0.2) is 47.8 Å². The van der Waals surface area contributed by atoms with Crippen LogP contribution in [0.2, 0.25) is 0 Å². The number of amides is 3. The molecule has 2 heterocycles. The zero-order chi connectivity index (χ0) is 31.9. The fourth-order valence-electron chi connectivity index (χ4n) is 5.68. The fraction of sp³-hybridized carbons (Fsp3) is 0.613. The Labute approximate surface area is 259 Å². The van der Waals surface area contributed by atoms with Gasteiger partial charge in [0.05, 0.1) is 10.6 Å². The normalized spacial score (nSPS) is 20.9. The number of alkyl halides is 3. The SMILES string of the molecule is C[C@H](NC(=O)c1cc(-c2sc(C(=O)NCC(C)(C)C3NOC(=O)N3)nc2CC2CCCCC2)cc(C2(C)CC2)c1)C(F)(F)F. The topological polar surface area (TPSA) is 121 Å². The second kappa shape index (κ2) is 12.3. The molecule has 1 aromatic heterocycles. The molecule has 240 valence electrons. The average molecular weight is 636 g/mol. The van der Waals surface area contributed by atoms with Gasteiger partial charge in [0, 0.05) is 17.5 Å². The molecule has 1 unspecified atom stereocenters. The third-order valence-electron chi connectivity index (χ3n) is 9.11. The minimum Gasteiger partial charge on any atom is -0.352 e. The van der Waals surface area contributed by atoms with E-state index >= 15 is 0 Å². The summed E-state index contributed by atoms with van der Waals surface area (Å²) in [7, 11) is 0. The van der Waals surface area contributed by atoms with Crippen molar-refractivity contribution in [1.29, 1.82) is 0 Å². The van der Waals surface area contributed by atoms with E-state index in [4.69, 9.17) is 9.82 Å². The highest BCUT2D eigenvalue weighted by atomic mass is 32.1. The van der Waals surface area contributed by atoms with Crippen LogP contribution in [0.15, 0.2) is 18.2 Å². The van der Waals surface area contributed by atoms with E-state index in [1.807, 2.05) is 19.9 Å². The van der Waals surface area contributed by atoms with Gasteiger partial charge in [-0.3, -0.25) is 9.59 Å². The van der Waals surface area contributed by atoms with Crippen LogP contribution in [0.25, 0.3) is 10.4 Å². The number of nitrogens with one attached hydrogen (secondary N) is 4. The molecule has 2 aromatic rings. The van der Waals surface area contributed by atoms with Crippen LogP contribution in [0.1, 0.15) is 104 Å². The van der Waals surface area contributed by atoms with Gasteiger partial charge in [0.1, 0.15) is 12.2 Å². The quantitative estimate of drug-likeness (QED) is 0.255. The molecule has 1 aliphatic heterocycles. The van der Waals surface area contributed by atoms with Gasteiger partial charge in [0.15, 0.2) is 5.01 Å². The summed E-state index contributed by atoms with van der Waals surface area (Å²) in [6.45, 7) is 6.96. The van der Waals surface area contributed by atoms with Gasteiger partial charge in [-0.05, 0) is 66.8 Å². The molecule has 4 N–H and O–H groups in total. The highest BCUT2D eigenvalue weighted by molar-refractivity contribution is 7.17. The number of halogens is 3. The lowest BCUT2D eigenvalue weighted by Gasteiger charge is -2.29. The molecule has 1 saturated heterocycles. The summed E-state index contributed by atoms with van der Waals surface area (Å²) in [5.41, 5.74) is 4.36. The minimum atomic E-state index is -4.56. The van der Waals surface area contributed by atoms with Gasteiger partial charge in [-0.2, -0.15) is 13.2 Å². The maximum absolute atomic E-state index is 13.4. The predicted octanol–water partition coefficient (Wildman–Crippen LogP) is 5.99. The first kappa shape index (κ1) is 32.2. The lowest BCUT2D eigenvalue weighted by atomic mass is 9.85. The van der Waals surface area contributed by atoms with Crippen molar-refractivity contribution in [3.8, 4) is 10.4 Å². The van der Waals surface area contributed by atoms with Crippen LogP contribution in [0.5, 0.6) is 0 Å². The second-order valence-electron chi connectivity index (χ2n) is 13.4. The van der Waals surface area contributed by atoms with Crippen molar-refractivity contribution in [2.45, 2.75) is 103 Å². The van der Waals surface area contributed by atoms with E-state index in [2.05, 4.69) is 28.4 Å². The predicted molar refractivity (Wildman–Crippen MR) is 160 cm³/mol.